The quantitative estimate of drug-likeness (QED) is 0.647. The van der Waals surface area contributed by atoms with Gasteiger partial charge in [0.2, 0.25) is 0 Å². The molecule has 0 spiro atoms. The number of rotatable bonds is 5. The Kier molecular flexibility index (Phi) is 6.37. The van der Waals surface area contributed by atoms with Gasteiger partial charge in [0.1, 0.15) is 6.61 Å². The summed E-state index contributed by atoms with van der Waals surface area (Å²) < 4.78 is 5.56. The van der Waals surface area contributed by atoms with Crippen molar-refractivity contribution in [1.82, 2.24) is 5.32 Å². The number of allylic oxidation sites excluding steroid dienone is 3. The Hall–Kier alpha value is -2.78. The largest absolute Gasteiger partial charge is 0.458 e. The normalized spacial score (nSPS) is 17.1. The molecular weight excluding hydrogens is 370 g/mol. The Morgan fingerprint density at radius 1 is 1.07 bits per heavy atom. The first-order valence-electron chi connectivity index (χ1n) is 9.26. The Morgan fingerprint density at radius 3 is 2.54 bits per heavy atom. The van der Waals surface area contributed by atoms with Crippen molar-refractivity contribution in [2.75, 3.05) is 6.61 Å². The van der Waals surface area contributed by atoms with Crippen LogP contribution in [0.15, 0.2) is 83.2 Å². The predicted octanol–water partition coefficient (Wildman–Crippen LogP) is 5.85. The molecular formula is C24H24ClNO2. The number of carbonyl (C=O) groups is 1. The molecule has 28 heavy (non-hydrogen) atoms. The smallest absolute Gasteiger partial charge is 0.337 e. The average molecular weight is 394 g/mol. The van der Waals surface area contributed by atoms with Crippen LogP contribution in [0.25, 0.3) is 6.08 Å². The Labute approximate surface area is 171 Å². The van der Waals surface area contributed by atoms with E-state index in [1.165, 1.54) is 0 Å². The van der Waals surface area contributed by atoms with Crippen molar-refractivity contribution in [2.24, 2.45) is 0 Å². The fourth-order valence-corrected chi connectivity index (χ4v) is 3.62. The van der Waals surface area contributed by atoms with E-state index in [0.29, 0.717) is 10.6 Å². The zero-order valence-corrected chi connectivity index (χ0v) is 17.1. The molecule has 0 aliphatic carbocycles. The van der Waals surface area contributed by atoms with Crippen LogP contribution >= 0.6 is 11.6 Å². The van der Waals surface area contributed by atoms with Crippen LogP contribution in [0.4, 0.5) is 0 Å². The van der Waals surface area contributed by atoms with Gasteiger partial charge in [-0.1, -0.05) is 60.1 Å². The van der Waals surface area contributed by atoms with Gasteiger partial charge in [-0.05, 0) is 55.7 Å². The van der Waals surface area contributed by atoms with Crippen molar-refractivity contribution in [1.29, 1.82) is 0 Å². The highest BCUT2D eigenvalue weighted by atomic mass is 35.5. The van der Waals surface area contributed by atoms with E-state index in [2.05, 4.69) is 5.32 Å². The summed E-state index contributed by atoms with van der Waals surface area (Å²) in [7, 11) is 0. The second kappa shape index (κ2) is 8.94. The molecule has 0 fully saturated rings. The summed E-state index contributed by atoms with van der Waals surface area (Å²) in [5.74, 6) is -0.495. The van der Waals surface area contributed by atoms with E-state index in [0.717, 1.165) is 28.1 Å². The van der Waals surface area contributed by atoms with Crippen LogP contribution in [0.2, 0.25) is 5.02 Å². The number of nitrogens with one attached hydrogen (secondary N) is 1. The Morgan fingerprint density at radius 2 is 1.82 bits per heavy atom. The summed E-state index contributed by atoms with van der Waals surface area (Å²) in [6, 6.07) is 17.6. The Bertz CT molecular complexity index is 958. The summed E-state index contributed by atoms with van der Waals surface area (Å²) in [4.78, 5) is 12.9. The molecule has 1 N–H and O–H groups in total. The molecule has 4 heteroatoms. The molecule has 0 amide bonds. The number of hydrogen-bond donors (Lipinski definition) is 1. The van der Waals surface area contributed by atoms with Gasteiger partial charge in [-0.3, -0.25) is 0 Å². The number of halogens is 1. The van der Waals surface area contributed by atoms with Crippen molar-refractivity contribution in [3.8, 4) is 0 Å². The predicted molar refractivity (Wildman–Crippen MR) is 115 cm³/mol. The zero-order valence-electron chi connectivity index (χ0n) is 16.3. The standard InChI is InChI=1S/C24H24ClNO2/c1-16-17(2)26-18(3)23(22(16)20-12-7-13-21(25)15-20)24(27)28-14-8-11-19-9-5-4-6-10-19/h4-13,15,22,26H,14H2,1-3H3/b11-8+. The molecule has 3 rings (SSSR count). The molecule has 144 valence electrons. The molecule has 1 atom stereocenters. The number of carbonyl (C=O) groups excluding carboxylic acids is 1. The molecule has 0 radical (unpaired) electrons. The SMILES string of the molecule is CC1=C(C)C(c2cccc(Cl)c2)C(C(=O)OC/C=C/c2ccccc2)=C(C)N1. The highest BCUT2D eigenvalue weighted by Crippen LogP contribution is 2.38. The van der Waals surface area contributed by atoms with Crippen molar-refractivity contribution in [3.63, 3.8) is 0 Å². The topological polar surface area (TPSA) is 38.3 Å². The molecule has 3 nitrogen and oxygen atoms in total. The minimum atomic E-state index is -0.320. The first-order valence-corrected chi connectivity index (χ1v) is 9.64. The van der Waals surface area contributed by atoms with E-state index in [1.807, 2.05) is 87.5 Å². The van der Waals surface area contributed by atoms with E-state index < -0.39 is 0 Å². The van der Waals surface area contributed by atoms with Crippen molar-refractivity contribution in [3.05, 3.63) is 99.4 Å². The third-order valence-electron chi connectivity index (χ3n) is 4.91. The minimum Gasteiger partial charge on any atom is -0.458 e. The molecule has 2 aromatic carbocycles. The maximum absolute atomic E-state index is 12.9. The first-order chi connectivity index (χ1) is 13.5. The summed E-state index contributed by atoms with van der Waals surface area (Å²) >= 11 is 6.20. The molecule has 1 unspecified atom stereocenters. The number of hydrogen-bond acceptors (Lipinski definition) is 3. The molecule has 1 aliphatic rings. The second-order valence-corrected chi connectivity index (χ2v) is 7.31. The molecule has 1 heterocycles. The zero-order chi connectivity index (χ0) is 20.1. The maximum atomic E-state index is 12.9. The third kappa shape index (κ3) is 4.55. The molecule has 0 bridgehead atoms. The van der Waals surface area contributed by atoms with Gasteiger partial charge in [-0.2, -0.15) is 0 Å². The van der Waals surface area contributed by atoms with Gasteiger partial charge >= 0.3 is 5.97 Å². The monoisotopic (exact) mass is 393 g/mol. The number of dihydropyridines is 1. The number of esters is 1. The third-order valence-corrected chi connectivity index (χ3v) is 5.15. The molecule has 2 aromatic rings. The first kappa shape index (κ1) is 20.0. The van der Waals surface area contributed by atoms with Gasteiger partial charge in [0.05, 0.1) is 5.57 Å². The van der Waals surface area contributed by atoms with Crippen LogP contribution in [0, 0.1) is 0 Å². The number of benzene rings is 2. The average Bonchev–Trinajstić information content (AvgIpc) is 2.68. The van der Waals surface area contributed by atoms with Gasteiger partial charge in [0.25, 0.3) is 0 Å². The molecule has 0 saturated heterocycles. The number of ether oxygens (including phenoxy) is 1. The van der Waals surface area contributed by atoms with Gasteiger partial charge in [-0.25, -0.2) is 4.79 Å². The highest BCUT2D eigenvalue weighted by Gasteiger charge is 2.31. The van der Waals surface area contributed by atoms with Crippen LogP contribution < -0.4 is 5.32 Å². The summed E-state index contributed by atoms with van der Waals surface area (Å²) in [6.45, 7) is 6.17. The lowest BCUT2D eigenvalue weighted by Crippen LogP contribution is -2.28. The lowest BCUT2D eigenvalue weighted by Gasteiger charge is -2.30. The molecule has 1 aliphatic heterocycles. The summed E-state index contributed by atoms with van der Waals surface area (Å²) in [6.07, 6.45) is 3.79. The minimum absolute atomic E-state index is 0.175. The van der Waals surface area contributed by atoms with Gasteiger partial charge in [0.15, 0.2) is 0 Å². The van der Waals surface area contributed by atoms with E-state index in [4.69, 9.17) is 16.3 Å². The van der Waals surface area contributed by atoms with Crippen LogP contribution in [-0.2, 0) is 9.53 Å². The summed E-state index contributed by atoms with van der Waals surface area (Å²) in [5.41, 5.74) is 5.61. The van der Waals surface area contributed by atoms with E-state index in [-0.39, 0.29) is 18.5 Å². The maximum Gasteiger partial charge on any atom is 0.337 e. The molecule has 0 aromatic heterocycles. The fourth-order valence-electron chi connectivity index (χ4n) is 3.42. The lowest BCUT2D eigenvalue weighted by molar-refractivity contribution is -0.138. The van der Waals surface area contributed by atoms with Crippen LogP contribution in [0.3, 0.4) is 0 Å². The fraction of sp³-hybridized carbons (Fsp3) is 0.208. The van der Waals surface area contributed by atoms with E-state index in [1.54, 1.807) is 0 Å². The van der Waals surface area contributed by atoms with Crippen molar-refractivity contribution < 1.29 is 9.53 Å². The molecule has 0 saturated carbocycles. The van der Waals surface area contributed by atoms with E-state index >= 15 is 0 Å². The highest BCUT2D eigenvalue weighted by molar-refractivity contribution is 6.30. The lowest BCUT2D eigenvalue weighted by atomic mass is 9.81. The van der Waals surface area contributed by atoms with Crippen molar-refractivity contribution in [2.45, 2.75) is 26.7 Å². The Balaban J connectivity index is 1.80. The van der Waals surface area contributed by atoms with Crippen LogP contribution in [0.5, 0.6) is 0 Å². The van der Waals surface area contributed by atoms with Crippen LogP contribution in [-0.4, -0.2) is 12.6 Å². The van der Waals surface area contributed by atoms with Crippen molar-refractivity contribution >= 4 is 23.6 Å². The van der Waals surface area contributed by atoms with Gasteiger partial charge in [0, 0.05) is 22.3 Å². The summed E-state index contributed by atoms with van der Waals surface area (Å²) in [5, 5.41) is 3.95. The van der Waals surface area contributed by atoms with Gasteiger partial charge < -0.3 is 10.1 Å². The second-order valence-electron chi connectivity index (χ2n) is 6.87. The van der Waals surface area contributed by atoms with E-state index in [9.17, 15) is 4.79 Å². The van der Waals surface area contributed by atoms with Crippen LogP contribution in [0.1, 0.15) is 37.8 Å². The van der Waals surface area contributed by atoms with Gasteiger partial charge in [-0.15, -0.1) is 0 Å².